The molecule has 7 heteroatoms. The molecule has 2 aromatic carbocycles. The average molecular weight is 415 g/mol. The van der Waals surface area contributed by atoms with E-state index in [1.807, 2.05) is 26.0 Å². The maximum atomic E-state index is 12.8. The molecule has 1 aliphatic rings. The Morgan fingerprint density at radius 2 is 1.83 bits per heavy atom. The van der Waals surface area contributed by atoms with Gasteiger partial charge in [-0.15, -0.1) is 0 Å². The Morgan fingerprint density at radius 1 is 1.17 bits per heavy atom. The zero-order valence-corrected chi connectivity index (χ0v) is 18.2. The number of sulfonamides is 1. The van der Waals surface area contributed by atoms with Crippen LogP contribution in [-0.2, 0) is 16.6 Å². The number of nitrogens with two attached hydrogens (primary N) is 1. The number of guanidine groups is 1. The molecule has 0 saturated carbocycles. The first-order chi connectivity index (χ1) is 13.7. The Morgan fingerprint density at radius 3 is 2.45 bits per heavy atom. The smallest absolute Gasteiger partial charge is 0.243 e. The minimum absolute atomic E-state index is 0.328. The van der Waals surface area contributed by atoms with Gasteiger partial charge in [0.05, 0.1) is 11.4 Å². The molecular formula is C22H30N4O2S. The number of aryl methyl sites for hydroxylation is 2. The largest absolute Gasteiger partial charge is 0.370 e. The third kappa shape index (κ3) is 5.58. The van der Waals surface area contributed by atoms with Crippen LogP contribution < -0.4 is 11.1 Å². The average Bonchev–Trinajstić information content (AvgIpc) is 2.66. The van der Waals surface area contributed by atoms with Gasteiger partial charge in [0.15, 0.2) is 5.96 Å². The molecule has 1 heterocycles. The lowest BCUT2D eigenvalue weighted by molar-refractivity contribution is 0.281. The van der Waals surface area contributed by atoms with Gasteiger partial charge in [-0.25, -0.2) is 13.4 Å². The summed E-state index contributed by atoms with van der Waals surface area (Å²) in [4.78, 5) is 4.70. The van der Waals surface area contributed by atoms with Crippen LogP contribution in [0.5, 0.6) is 0 Å². The maximum absolute atomic E-state index is 12.8. The van der Waals surface area contributed by atoms with Crippen LogP contribution in [0.3, 0.4) is 0 Å². The first-order valence-corrected chi connectivity index (χ1v) is 11.4. The number of nitrogens with zero attached hydrogens (tertiary/aromatic N) is 2. The predicted octanol–water partition coefficient (Wildman–Crippen LogP) is 3.65. The van der Waals surface area contributed by atoms with E-state index in [1.54, 1.807) is 28.6 Å². The molecule has 0 aliphatic carbocycles. The number of anilines is 1. The lowest BCUT2D eigenvalue weighted by Gasteiger charge is -2.30. The van der Waals surface area contributed by atoms with Gasteiger partial charge in [0.2, 0.25) is 10.0 Å². The molecule has 3 N–H and O–H groups in total. The van der Waals surface area contributed by atoms with Crippen molar-refractivity contribution in [2.24, 2.45) is 16.6 Å². The molecule has 0 aromatic heterocycles. The van der Waals surface area contributed by atoms with Crippen molar-refractivity contribution in [2.75, 3.05) is 18.4 Å². The van der Waals surface area contributed by atoms with Gasteiger partial charge < -0.3 is 11.1 Å². The summed E-state index contributed by atoms with van der Waals surface area (Å²) in [6, 6.07) is 13.0. The summed E-state index contributed by atoms with van der Waals surface area (Å²) in [6.45, 7) is 7.73. The van der Waals surface area contributed by atoms with Gasteiger partial charge >= 0.3 is 0 Å². The molecule has 1 saturated heterocycles. The molecule has 3 rings (SSSR count). The highest BCUT2D eigenvalue weighted by atomic mass is 32.2. The molecule has 1 unspecified atom stereocenters. The zero-order chi connectivity index (χ0) is 21.0. The molecule has 29 heavy (non-hydrogen) atoms. The quantitative estimate of drug-likeness (QED) is 0.577. The first kappa shape index (κ1) is 21.3. The van der Waals surface area contributed by atoms with Crippen LogP contribution in [0.25, 0.3) is 0 Å². The number of nitrogens with one attached hydrogen (secondary N) is 1. The van der Waals surface area contributed by atoms with Crippen LogP contribution in [-0.4, -0.2) is 31.8 Å². The van der Waals surface area contributed by atoms with Crippen LogP contribution in [0.4, 0.5) is 5.69 Å². The lowest BCUT2D eigenvalue weighted by Crippen LogP contribution is -2.39. The molecule has 156 valence electrons. The fourth-order valence-corrected chi connectivity index (χ4v) is 5.29. The molecule has 0 radical (unpaired) electrons. The summed E-state index contributed by atoms with van der Waals surface area (Å²) in [6.07, 6.45) is 2.00. The molecule has 2 aromatic rings. The van der Waals surface area contributed by atoms with Crippen LogP contribution >= 0.6 is 0 Å². The van der Waals surface area contributed by atoms with Gasteiger partial charge in [0.1, 0.15) is 0 Å². The summed E-state index contributed by atoms with van der Waals surface area (Å²) < 4.78 is 27.3. The zero-order valence-electron chi connectivity index (χ0n) is 17.4. The number of benzene rings is 2. The van der Waals surface area contributed by atoms with Crippen molar-refractivity contribution >= 4 is 21.7 Å². The van der Waals surface area contributed by atoms with E-state index in [1.165, 1.54) is 0 Å². The fourth-order valence-electron chi connectivity index (χ4n) is 3.69. The summed E-state index contributed by atoms with van der Waals surface area (Å²) in [7, 11) is -3.43. The molecule has 0 amide bonds. The number of piperidine rings is 1. The van der Waals surface area contributed by atoms with Gasteiger partial charge in [0.25, 0.3) is 0 Å². The summed E-state index contributed by atoms with van der Waals surface area (Å²) in [5, 5.41) is 3.10. The Hall–Kier alpha value is -2.38. The first-order valence-electron chi connectivity index (χ1n) is 9.98. The topological polar surface area (TPSA) is 87.8 Å². The standard InChI is InChI=1S/C22H30N4O2S/c1-16-5-4-10-26(15-16)29(27,28)21-8-6-19(7-9-21)14-24-22(23)25-20-12-17(2)11-18(3)13-20/h6-9,11-13,16H,4-5,10,14-15H2,1-3H3,(H3,23,24,25). The van der Waals surface area contributed by atoms with Crippen LogP contribution in [0, 0.1) is 19.8 Å². The molecule has 6 nitrogen and oxygen atoms in total. The van der Waals surface area contributed by atoms with Crippen LogP contribution in [0.1, 0.15) is 36.5 Å². The second kappa shape index (κ2) is 8.97. The number of hydrogen-bond acceptors (Lipinski definition) is 3. The van der Waals surface area contributed by atoms with E-state index >= 15 is 0 Å². The van der Waals surface area contributed by atoms with Crippen molar-refractivity contribution in [1.29, 1.82) is 0 Å². The van der Waals surface area contributed by atoms with E-state index in [-0.39, 0.29) is 0 Å². The van der Waals surface area contributed by atoms with Gasteiger partial charge in [-0.1, -0.05) is 25.1 Å². The molecule has 0 spiro atoms. The highest BCUT2D eigenvalue weighted by molar-refractivity contribution is 7.89. The normalized spacial score (nSPS) is 18.6. The molecule has 1 aliphatic heterocycles. The Kier molecular flexibility index (Phi) is 6.59. The highest BCUT2D eigenvalue weighted by Gasteiger charge is 2.28. The van der Waals surface area contributed by atoms with Crippen molar-refractivity contribution in [3.8, 4) is 0 Å². The second-order valence-corrected chi connectivity index (χ2v) is 9.90. The summed E-state index contributed by atoms with van der Waals surface area (Å²) >= 11 is 0. The minimum atomic E-state index is -3.43. The number of rotatable bonds is 5. The Labute approximate surface area is 173 Å². The second-order valence-electron chi connectivity index (χ2n) is 7.96. The SMILES string of the molecule is Cc1cc(C)cc(NC(N)=NCc2ccc(S(=O)(=O)N3CCCC(C)C3)cc2)c1. The summed E-state index contributed by atoms with van der Waals surface area (Å²) in [5.74, 6) is 0.730. The Bertz CT molecular complexity index is 964. The van der Waals surface area contributed by atoms with E-state index in [4.69, 9.17) is 5.73 Å². The van der Waals surface area contributed by atoms with Crippen molar-refractivity contribution in [1.82, 2.24) is 4.31 Å². The van der Waals surface area contributed by atoms with Crippen molar-refractivity contribution in [2.45, 2.75) is 45.1 Å². The van der Waals surface area contributed by atoms with Crippen LogP contribution in [0.15, 0.2) is 52.4 Å². The Balaban J connectivity index is 1.64. The van der Waals surface area contributed by atoms with Crippen molar-refractivity contribution < 1.29 is 8.42 Å². The maximum Gasteiger partial charge on any atom is 0.243 e. The fraction of sp³-hybridized carbons (Fsp3) is 0.409. The number of hydrogen-bond donors (Lipinski definition) is 2. The van der Waals surface area contributed by atoms with Crippen molar-refractivity contribution in [3.05, 3.63) is 59.2 Å². The third-order valence-corrected chi connectivity index (χ3v) is 6.99. The van der Waals surface area contributed by atoms with Gasteiger partial charge in [-0.05, 0) is 73.6 Å². The molecular weight excluding hydrogens is 384 g/mol. The predicted molar refractivity (Wildman–Crippen MR) is 118 cm³/mol. The number of aliphatic imine (C=N–C) groups is 1. The molecule has 1 atom stereocenters. The highest BCUT2D eigenvalue weighted by Crippen LogP contribution is 2.23. The third-order valence-electron chi connectivity index (χ3n) is 5.11. The lowest BCUT2D eigenvalue weighted by atomic mass is 10.0. The minimum Gasteiger partial charge on any atom is -0.370 e. The molecule has 0 bridgehead atoms. The van der Waals surface area contributed by atoms with E-state index in [2.05, 4.69) is 23.3 Å². The van der Waals surface area contributed by atoms with E-state index in [0.29, 0.717) is 36.4 Å². The summed E-state index contributed by atoms with van der Waals surface area (Å²) in [5.41, 5.74) is 10.1. The van der Waals surface area contributed by atoms with Gasteiger partial charge in [0, 0.05) is 18.8 Å². The monoisotopic (exact) mass is 414 g/mol. The van der Waals surface area contributed by atoms with Crippen LogP contribution in [0.2, 0.25) is 0 Å². The van der Waals surface area contributed by atoms with E-state index in [0.717, 1.165) is 35.2 Å². The molecule has 1 fully saturated rings. The van der Waals surface area contributed by atoms with E-state index in [9.17, 15) is 8.42 Å². The van der Waals surface area contributed by atoms with E-state index < -0.39 is 10.0 Å². The van der Waals surface area contributed by atoms with Gasteiger partial charge in [-0.2, -0.15) is 4.31 Å². The van der Waals surface area contributed by atoms with Crippen molar-refractivity contribution in [3.63, 3.8) is 0 Å². The van der Waals surface area contributed by atoms with Gasteiger partial charge in [-0.3, -0.25) is 0 Å².